The molecule has 0 aliphatic carbocycles. The van der Waals surface area contributed by atoms with Gasteiger partial charge in [-0.2, -0.15) is 0 Å². The summed E-state index contributed by atoms with van der Waals surface area (Å²) >= 11 is 0. The lowest BCUT2D eigenvalue weighted by Crippen LogP contribution is -2.58. The van der Waals surface area contributed by atoms with E-state index in [2.05, 4.69) is 10.6 Å². The van der Waals surface area contributed by atoms with Gasteiger partial charge in [0.15, 0.2) is 0 Å². The van der Waals surface area contributed by atoms with Gasteiger partial charge in [0.05, 0.1) is 12.1 Å². The van der Waals surface area contributed by atoms with Crippen LogP contribution in [0.3, 0.4) is 0 Å². The minimum absolute atomic E-state index is 0.102. The molecule has 6 atom stereocenters. The number of carboxylic acids is 1. The van der Waals surface area contributed by atoms with Crippen LogP contribution in [0.1, 0.15) is 77.0 Å². The van der Waals surface area contributed by atoms with Crippen LogP contribution >= 0.6 is 0 Å². The summed E-state index contributed by atoms with van der Waals surface area (Å²) in [7, 11) is 0. The number of β-amino-alcohol motifs (C(OH)–C–C–N with tert-alkyl or cyclic N) is 1. The molecule has 0 radical (unpaired) electrons. The van der Waals surface area contributed by atoms with Gasteiger partial charge in [-0.3, -0.25) is 19.2 Å². The Morgan fingerprint density at radius 3 is 1.93 bits per heavy atom. The van der Waals surface area contributed by atoms with E-state index in [0.29, 0.717) is 77.5 Å². The first-order valence-electron chi connectivity index (χ1n) is 15.5. The monoisotopic (exact) mass is 612 g/mol. The molecule has 0 unspecified atom stereocenters. The van der Waals surface area contributed by atoms with Crippen molar-refractivity contribution in [3.05, 3.63) is 0 Å². The molecule has 0 spiro atoms. The lowest BCUT2D eigenvalue weighted by atomic mass is 10.0. The second-order valence-electron chi connectivity index (χ2n) is 11.5. The molecule has 15 heteroatoms. The van der Waals surface area contributed by atoms with E-state index in [0.717, 1.165) is 11.3 Å². The zero-order valence-electron chi connectivity index (χ0n) is 25.1. The topological polar surface area (TPSA) is 260 Å². The van der Waals surface area contributed by atoms with Gasteiger partial charge in [-0.15, -0.1) is 0 Å². The minimum Gasteiger partial charge on any atom is -0.480 e. The molecule has 246 valence electrons. The maximum atomic E-state index is 13.6. The molecule has 0 saturated carbocycles. The number of hydrogen-bond acceptors (Lipinski definition) is 10. The zero-order valence-corrected chi connectivity index (χ0v) is 25.1. The summed E-state index contributed by atoms with van der Waals surface area (Å²) < 4.78 is 0. The highest BCUT2D eigenvalue weighted by atomic mass is 16.4. The van der Waals surface area contributed by atoms with Crippen molar-refractivity contribution in [2.75, 3.05) is 32.7 Å². The number of nitrogens with one attached hydrogen (secondary N) is 2. The Morgan fingerprint density at radius 1 is 0.767 bits per heavy atom. The Morgan fingerprint density at radius 2 is 1.35 bits per heavy atom. The summed E-state index contributed by atoms with van der Waals surface area (Å²) in [6.07, 6.45) is 4.53. The fraction of sp³-hybridized carbons (Fsp3) is 0.821. The van der Waals surface area contributed by atoms with Gasteiger partial charge in [0.2, 0.25) is 23.6 Å². The predicted molar refractivity (Wildman–Crippen MR) is 159 cm³/mol. The number of carboxylic acid groups (broad SMARTS) is 1. The first kappa shape index (κ1) is 36.3. The molecule has 2 aliphatic heterocycles. The Labute approximate surface area is 253 Å². The number of carbonyl (C=O) groups is 5. The van der Waals surface area contributed by atoms with E-state index >= 15 is 0 Å². The van der Waals surface area contributed by atoms with Gasteiger partial charge in [0, 0.05) is 19.5 Å². The maximum Gasteiger partial charge on any atom is 0.326 e. The van der Waals surface area contributed by atoms with Gasteiger partial charge in [0.25, 0.3) is 0 Å². The third-order valence-electron chi connectivity index (χ3n) is 8.11. The van der Waals surface area contributed by atoms with Crippen molar-refractivity contribution < 1.29 is 34.2 Å². The van der Waals surface area contributed by atoms with Crippen LogP contribution in [0.25, 0.3) is 0 Å². The van der Waals surface area contributed by atoms with Crippen molar-refractivity contribution in [2.45, 2.75) is 113 Å². The summed E-state index contributed by atoms with van der Waals surface area (Å²) in [6, 6.07) is -4.82. The van der Waals surface area contributed by atoms with Crippen LogP contribution in [0.15, 0.2) is 0 Å². The molecule has 0 aromatic carbocycles. The molecule has 0 aromatic heterocycles. The number of likely N-dealkylation sites (tertiary alicyclic amines) is 2. The van der Waals surface area contributed by atoms with Crippen LogP contribution in [-0.4, -0.2) is 119 Å². The van der Waals surface area contributed by atoms with Gasteiger partial charge >= 0.3 is 5.97 Å². The smallest absolute Gasteiger partial charge is 0.326 e. The van der Waals surface area contributed by atoms with E-state index in [1.807, 2.05) is 0 Å². The van der Waals surface area contributed by atoms with Crippen LogP contribution < -0.4 is 33.6 Å². The first-order chi connectivity index (χ1) is 20.5. The number of aliphatic carboxylic acids is 1. The maximum absolute atomic E-state index is 13.6. The van der Waals surface area contributed by atoms with Gasteiger partial charge in [-0.05, 0) is 83.8 Å². The van der Waals surface area contributed by atoms with E-state index in [4.69, 9.17) is 22.9 Å². The summed E-state index contributed by atoms with van der Waals surface area (Å²) in [4.78, 5) is 67.8. The summed E-state index contributed by atoms with van der Waals surface area (Å²) in [6.45, 7) is 1.50. The minimum atomic E-state index is -1.24. The predicted octanol–water partition coefficient (Wildman–Crippen LogP) is -2.29. The molecule has 2 aliphatic rings. The molecule has 15 nitrogen and oxygen atoms in total. The SMILES string of the molecule is NCCCC[C@H](NC(=O)[C@@H]1CCCN1C(=O)[C@@H](N)CCCCN)C(=O)N[C@@H](CCCCN)C(=O)N1C[C@H](O)C[C@H]1C(=O)O. The summed E-state index contributed by atoms with van der Waals surface area (Å²) in [5.74, 6) is -3.24. The number of nitrogens with zero attached hydrogens (tertiary/aromatic N) is 2. The molecule has 2 rings (SSSR count). The third kappa shape index (κ3) is 11.0. The van der Waals surface area contributed by atoms with Gasteiger partial charge in [-0.1, -0.05) is 6.42 Å². The zero-order chi connectivity index (χ0) is 31.9. The average molecular weight is 613 g/mol. The number of nitrogens with two attached hydrogens (primary N) is 4. The largest absolute Gasteiger partial charge is 0.480 e. The molecular weight excluding hydrogens is 560 g/mol. The summed E-state index contributed by atoms with van der Waals surface area (Å²) in [5.41, 5.74) is 22.9. The number of aliphatic hydroxyl groups is 1. The van der Waals surface area contributed by atoms with E-state index < -0.39 is 60.0 Å². The van der Waals surface area contributed by atoms with Crippen LogP contribution in [0, 0.1) is 0 Å². The van der Waals surface area contributed by atoms with Crippen LogP contribution in [-0.2, 0) is 24.0 Å². The molecule has 4 amide bonds. The quantitative estimate of drug-likeness (QED) is 0.0720. The number of hydrogen-bond donors (Lipinski definition) is 8. The summed E-state index contributed by atoms with van der Waals surface area (Å²) in [5, 5.41) is 25.1. The Kier molecular flexibility index (Phi) is 15.8. The molecule has 0 aromatic rings. The van der Waals surface area contributed by atoms with Crippen molar-refractivity contribution in [3.8, 4) is 0 Å². The molecule has 2 fully saturated rings. The molecule has 2 saturated heterocycles. The van der Waals surface area contributed by atoms with E-state index in [9.17, 15) is 34.2 Å². The standard InChI is InChI=1S/C28H52N8O7/c29-12-4-1-8-19(32)26(40)35-15-7-11-22(35)25(39)33-20(9-2-5-13-30)24(38)34-21(10-3-6-14-31)27(41)36-17-18(37)16-23(36)28(42)43/h18-23,37H,1-17,29-32H2,(H,33,39)(H,34,38)(H,42,43)/t18-,19+,20+,21+,22+,23+/m1/s1. The number of aliphatic hydroxyl groups excluding tert-OH is 1. The van der Waals surface area contributed by atoms with Crippen LogP contribution in [0.2, 0.25) is 0 Å². The second kappa shape index (κ2) is 18.7. The fourth-order valence-electron chi connectivity index (χ4n) is 5.69. The van der Waals surface area contributed by atoms with Gasteiger partial charge in [-0.25, -0.2) is 4.79 Å². The first-order valence-corrected chi connectivity index (χ1v) is 15.5. The van der Waals surface area contributed by atoms with Crippen LogP contribution in [0.5, 0.6) is 0 Å². The molecule has 0 bridgehead atoms. The number of amides is 4. The highest BCUT2D eigenvalue weighted by molar-refractivity contribution is 5.95. The van der Waals surface area contributed by atoms with Gasteiger partial charge < -0.3 is 53.6 Å². The molecule has 12 N–H and O–H groups in total. The van der Waals surface area contributed by atoms with Crippen molar-refractivity contribution in [1.29, 1.82) is 0 Å². The highest BCUT2D eigenvalue weighted by Crippen LogP contribution is 2.22. The average Bonchev–Trinajstić information content (AvgIpc) is 3.63. The number of unbranched alkanes of at least 4 members (excludes halogenated alkanes) is 3. The second-order valence-corrected chi connectivity index (χ2v) is 11.5. The molecule has 43 heavy (non-hydrogen) atoms. The lowest BCUT2D eigenvalue weighted by molar-refractivity contribution is -0.149. The molecular formula is C28H52N8O7. The van der Waals surface area contributed by atoms with E-state index in [1.54, 1.807) is 0 Å². The lowest BCUT2D eigenvalue weighted by Gasteiger charge is -2.30. The van der Waals surface area contributed by atoms with E-state index in [-0.39, 0.29) is 31.7 Å². The third-order valence-corrected chi connectivity index (χ3v) is 8.11. The van der Waals surface area contributed by atoms with Crippen LogP contribution in [0.4, 0.5) is 0 Å². The fourth-order valence-corrected chi connectivity index (χ4v) is 5.69. The number of rotatable bonds is 19. The Hall–Kier alpha value is -2.85. The van der Waals surface area contributed by atoms with Crippen molar-refractivity contribution in [2.24, 2.45) is 22.9 Å². The Bertz CT molecular complexity index is 939. The van der Waals surface area contributed by atoms with Gasteiger partial charge in [0.1, 0.15) is 24.2 Å². The van der Waals surface area contributed by atoms with Crippen molar-refractivity contribution in [1.82, 2.24) is 20.4 Å². The van der Waals surface area contributed by atoms with Crippen molar-refractivity contribution in [3.63, 3.8) is 0 Å². The Balaban J connectivity index is 2.17. The number of carbonyl (C=O) groups excluding carboxylic acids is 4. The highest BCUT2D eigenvalue weighted by Gasteiger charge is 2.42. The van der Waals surface area contributed by atoms with E-state index in [1.165, 1.54) is 4.90 Å². The molecule has 2 heterocycles. The normalized spacial score (nSPS) is 22.2. The van der Waals surface area contributed by atoms with Crippen molar-refractivity contribution >= 4 is 29.6 Å².